The molecule has 0 heterocycles. The lowest BCUT2D eigenvalue weighted by molar-refractivity contribution is 0.240. The Balaban J connectivity index is 2.11. The van der Waals surface area contributed by atoms with E-state index in [1.807, 2.05) is 0 Å². The molecule has 3 N–H and O–H groups in total. The van der Waals surface area contributed by atoms with E-state index in [-0.39, 0.29) is 0 Å². The zero-order chi connectivity index (χ0) is 12.2. The van der Waals surface area contributed by atoms with Gasteiger partial charge in [0.25, 0.3) is 0 Å². The first kappa shape index (κ1) is 14.0. The molecule has 2 nitrogen and oxygen atoms in total. The monoisotopic (exact) mass is 226 g/mol. The van der Waals surface area contributed by atoms with Crippen LogP contribution in [0.5, 0.6) is 0 Å². The topological polar surface area (TPSA) is 38.0 Å². The lowest BCUT2D eigenvalue weighted by Crippen LogP contribution is -2.35. The van der Waals surface area contributed by atoms with Gasteiger partial charge in [-0.3, -0.25) is 0 Å². The molecule has 1 aliphatic carbocycles. The first-order valence-corrected chi connectivity index (χ1v) is 6.86. The van der Waals surface area contributed by atoms with Crippen LogP contribution in [0.3, 0.4) is 0 Å². The van der Waals surface area contributed by atoms with E-state index in [0.717, 1.165) is 18.4 Å². The van der Waals surface area contributed by atoms with Gasteiger partial charge in [-0.25, -0.2) is 0 Å². The average molecular weight is 226 g/mol. The van der Waals surface area contributed by atoms with Crippen LogP contribution in [-0.2, 0) is 0 Å². The highest BCUT2D eigenvalue weighted by Gasteiger charge is 2.21. The summed E-state index contributed by atoms with van der Waals surface area (Å²) in [4.78, 5) is 0. The van der Waals surface area contributed by atoms with Gasteiger partial charge in [-0.05, 0) is 56.0 Å². The second-order valence-electron chi connectivity index (χ2n) is 6.71. The van der Waals surface area contributed by atoms with Crippen molar-refractivity contribution in [2.45, 2.75) is 59.4 Å². The fourth-order valence-corrected chi connectivity index (χ4v) is 2.20. The molecule has 1 fully saturated rings. The van der Waals surface area contributed by atoms with E-state index >= 15 is 0 Å². The molecule has 0 aromatic carbocycles. The first-order valence-electron chi connectivity index (χ1n) is 6.86. The Morgan fingerprint density at radius 3 is 2.25 bits per heavy atom. The van der Waals surface area contributed by atoms with Crippen molar-refractivity contribution in [1.82, 2.24) is 5.32 Å². The minimum Gasteiger partial charge on any atom is -0.328 e. The molecule has 1 atom stereocenters. The Morgan fingerprint density at radius 1 is 1.19 bits per heavy atom. The summed E-state index contributed by atoms with van der Waals surface area (Å²) in [6, 6.07) is 0.477. The van der Waals surface area contributed by atoms with E-state index in [2.05, 4.69) is 33.0 Å². The summed E-state index contributed by atoms with van der Waals surface area (Å²) >= 11 is 0. The molecule has 16 heavy (non-hydrogen) atoms. The second-order valence-corrected chi connectivity index (χ2v) is 6.71. The zero-order valence-corrected chi connectivity index (χ0v) is 11.6. The van der Waals surface area contributed by atoms with Crippen LogP contribution in [0.2, 0.25) is 0 Å². The number of hydrogen-bond acceptors (Lipinski definition) is 2. The van der Waals surface area contributed by atoms with Crippen molar-refractivity contribution in [3.05, 3.63) is 0 Å². The molecule has 0 saturated heterocycles. The highest BCUT2D eigenvalue weighted by molar-refractivity contribution is 4.77. The largest absolute Gasteiger partial charge is 0.328 e. The van der Waals surface area contributed by atoms with E-state index in [1.165, 1.54) is 32.2 Å². The van der Waals surface area contributed by atoms with Gasteiger partial charge in [-0.2, -0.15) is 0 Å². The number of nitrogens with one attached hydrogen (secondary N) is 1. The van der Waals surface area contributed by atoms with E-state index < -0.39 is 0 Å². The number of rotatable bonds is 4. The zero-order valence-electron chi connectivity index (χ0n) is 11.6. The highest BCUT2D eigenvalue weighted by Crippen LogP contribution is 2.25. The van der Waals surface area contributed by atoms with Crippen LogP contribution in [0.25, 0.3) is 0 Å². The fraction of sp³-hybridized carbons (Fsp3) is 1.00. The van der Waals surface area contributed by atoms with Gasteiger partial charge in [0, 0.05) is 6.04 Å². The van der Waals surface area contributed by atoms with Gasteiger partial charge in [0.2, 0.25) is 0 Å². The van der Waals surface area contributed by atoms with Gasteiger partial charge in [0.05, 0.1) is 0 Å². The smallest absolute Gasteiger partial charge is 0.00390 e. The van der Waals surface area contributed by atoms with Crippen LogP contribution >= 0.6 is 0 Å². The van der Waals surface area contributed by atoms with Crippen molar-refractivity contribution in [3.63, 3.8) is 0 Å². The fourth-order valence-electron chi connectivity index (χ4n) is 2.20. The molecule has 1 saturated carbocycles. The van der Waals surface area contributed by atoms with E-state index in [0.29, 0.717) is 11.5 Å². The molecule has 1 unspecified atom stereocenters. The van der Waals surface area contributed by atoms with Crippen LogP contribution in [-0.4, -0.2) is 19.1 Å². The average Bonchev–Trinajstić information content (AvgIpc) is 2.19. The quantitative estimate of drug-likeness (QED) is 0.773. The number of hydrogen-bond donors (Lipinski definition) is 2. The standard InChI is InChI=1S/C14H30N2/c1-11(14(2,3)4)9-16-10-12-5-7-13(15)8-6-12/h11-13,16H,5-10,15H2,1-4H3. The Kier molecular flexibility index (Phi) is 5.26. The third kappa shape index (κ3) is 4.84. The number of nitrogens with two attached hydrogens (primary N) is 1. The van der Waals surface area contributed by atoms with Gasteiger partial charge >= 0.3 is 0 Å². The van der Waals surface area contributed by atoms with E-state index in [9.17, 15) is 0 Å². The van der Waals surface area contributed by atoms with Crippen molar-refractivity contribution >= 4 is 0 Å². The molecule has 0 aromatic rings. The maximum Gasteiger partial charge on any atom is 0.00390 e. The Bertz CT molecular complexity index is 187. The molecular weight excluding hydrogens is 196 g/mol. The van der Waals surface area contributed by atoms with Gasteiger partial charge < -0.3 is 11.1 Å². The van der Waals surface area contributed by atoms with Crippen LogP contribution in [0.15, 0.2) is 0 Å². The minimum absolute atomic E-state index is 0.419. The summed E-state index contributed by atoms with van der Waals surface area (Å²) in [5, 5.41) is 3.64. The maximum absolute atomic E-state index is 5.91. The maximum atomic E-state index is 5.91. The molecule has 1 rings (SSSR count). The lowest BCUT2D eigenvalue weighted by Gasteiger charge is -2.30. The summed E-state index contributed by atoms with van der Waals surface area (Å²) in [7, 11) is 0. The van der Waals surface area contributed by atoms with Crippen LogP contribution < -0.4 is 11.1 Å². The summed E-state index contributed by atoms with van der Waals surface area (Å²) in [6.45, 7) is 11.6. The molecule has 0 bridgehead atoms. The van der Waals surface area contributed by atoms with Gasteiger partial charge in [-0.15, -0.1) is 0 Å². The predicted molar refractivity (Wildman–Crippen MR) is 71.4 cm³/mol. The third-order valence-electron chi connectivity index (χ3n) is 4.25. The molecule has 0 aliphatic heterocycles. The highest BCUT2D eigenvalue weighted by atomic mass is 14.9. The van der Waals surface area contributed by atoms with E-state index in [1.54, 1.807) is 0 Å². The molecule has 0 aromatic heterocycles. The molecule has 96 valence electrons. The molecule has 1 aliphatic rings. The van der Waals surface area contributed by atoms with Crippen molar-refractivity contribution in [1.29, 1.82) is 0 Å². The van der Waals surface area contributed by atoms with Gasteiger partial charge in [0.15, 0.2) is 0 Å². The van der Waals surface area contributed by atoms with Gasteiger partial charge in [0.1, 0.15) is 0 Å². The summed E-state index contributed by atoms with van der Waals surface area (Å²) in [5.74, 6) is 1.60. The SMILES string of the molecule is CC(CNCC1CCC(N)CC1)C(C)(C)C. The predicted octanol–water partition coefficient (Wildman–Crippen LogP) is 2.78. The Labute approximate surface area is 101 Å². The molecule has 0 amide bonds. The summed E-state index contributed by atoms with van der Waals surface area (Å²) in [6.07, 6.45) is 5.08. The molecule has 0 spiro atoms. The first-order chi connectivity index (χ1) is 7.39. The van der Waals surface area contributed by atoms with E-state index in [4.69, 9.17) is 5.73 Å². The minimum atomic E-state index is 0.419. The van der Waals surface area contributed by atoms with Gasteiger partial charge in [-0.1, -0.05) is 27.7 Å². The van der Waals surface area contributed by atoms with Crippen molar-refractivity contribution in [2.24, 2.45) is 23.0 Å². The third-order valence-corrected chi connectivity index (χ3v) is 4.25. The molecule has 0 radical (unpaired) electrons. The Morgan fingerprint density at radius 2 is 1.75 bits per heavy atom. The normalized spacial score (nSPS) is 29.1. The lowest BCUT2D eigenvalue weighted by atomic mass is 9.82. The van der Waals surface area contributed by atoms with Crippen molar-refractivity contribution < 1.29 is 0 Å². The molecule has 2 heteroatoms. The van der Waals surface area contributed by atoms with Crippen LogP contribution in [0, 0.1) is 17.3 Å². The van der Waals surface area contributed by atoms with Crippen molar-refractivity contribution in [3.8, 4) is 0 Å². The van der Waals surface area contributed by atoms with Crippen LogP contribution in [0.1, 0.15) is 53.4 Å². The second kappa shape index (κ2) is 6.02. The molecular formula is C14H30N2. The van der Waals surface area contributed by atoms with Crippen molar-refractivity contribution in [2.75, 3.05) is 13.1 Å². The van der Waals surface area contributed by atoms with Crippen LogP contribution in [0.4, 0.5) is 0 Å². The summed E-state index contributed by atoms with van der Waals surface area (Å²) < 4.78 is 0. The summed E-state index contributed by atoms with van der Waals surface area (Å²) in [5.41, 5.74) is 6.33. The Hall–Kier alpha value is -0.0800.